The lowest BCUT2D eigenvalue weighted by atomic mass is 10.1. The van der Waals surface area contributed by atoms with E-state index in [9.17, 15) is 14.7 Å². The first kappa shape index (κ1) is 11.6. The maximum absolute atomic E-state index is 11.3. The van der Waals surface area contributed by atoms with Crippen molar-refractivity contribution in [2.24, 2.45) is 0 Å². The van der Waals surface area contributed by atoms with Gasteiger partial charge in [-0.25, -0.2) is 4.79 Å². The Balaban J connectivity index is 2.21. The molecule has 5 nitrogen and oxygen atoms in total. The van der Waals surface area contributed by atoms with Gasteiger partial charge in [0.05, 0.1) is 13.0 Å². The quantitative estimate of drug-likeness (QED) is 0.759. The molecule has 0 radical (unpaired) electrons. The molecule has 1 aromatic carbocycles. The molecule has 1 aliphatic heterocycles. The molecule has 1 aliphatic rings. The largest absolute Gasteiger partial charge is 0.464 e. The van der Waals surface area contributed by atoms with Crippen molar-refractivity contribution in [2.45, 2.75) is 19.4 Å². The summed E-state index contributed by atoms with van der Waals surface area (Å²) in [6.45, 7) is 1.89. The van der Waals surface area contributed by atoms with Crippen LogP contribution in [0.3, 0.4) is 0 Å². The molecule has 2 rings (SSSR count). The van der Waals surface area contributed by atoms with E-state index in [0.29, 0.717) is 17.7 Å². The summed E-state index contributed by atoms with van der Waals surface area (Å²) < 4.78 is 4.72. The molecule has 5 heteroatoms. The number of amides is 1. The Hall–Kier alpha value is -1.88. The summed E-state index contributed by atoms with van der Waals surface area (Å²) in [6.07, 6.45) is -0.969. The number of rotatable bonds is 3. The summed E-state index contributed by atoms with van der Waals surface area (Å²) in [5.74, 6) is -0.764. The molecule has 1 aromatic rings. The molecular formula is C12H13NO4. The molecule has 0 saturated heterocycles. The maximum Gasteiger partial charge on any atom is 0.339 e. The van der Waals surface area contributed by atoms with E-state index in [-0.39, 0.29) is 12.5 Å². The van der Waals surface area contributed by atoms with Crippen LogP contribution in [0.4, 0.5) is 5.69 Å². The first-order valence-electron chi connectivity index (χ1n) is 5.39. The van der Waals surface area contributed by atoms with Gasteiger partial charge in [0.15, 0.2) is 6.10 Å². The van der Waals surface area contributed by atoms with Gasteiger partial charge in [-0.05, 0) is 24.1 Å². The Morgan fingerprint density at radius 1 is 1.59 bits per heavy atom. The van der Waals surface area contributed by atoms with Crippen LogP contribution in [0.2, 0.25) is 0 Å². The molecule has 1 heterocycles. The lowest BCUT2D eigenvalue weighted by Gasteiger charge is -2.11. The van der Waals surface area contributed by atoms with Gasteiger partial charge in [0.1, 0.15) is 0 Å². The van der Waals surface area contributed by atoms with E-state index < -0.39 is 12.1 Å². The minimum atomic E-state index is -1.31. The van der Waals surface area contributed by atoms with Crippen molar-refractivity contribution in [2.75, 3.05) is 11.9 Å². The number of esters is 1. The molecule has 0 fully saturated rings. The zero-order valence-corrected chi connectivity index (χ0v) is 9.40. The lowest BCUT2D eigenvalue weighted by molar-refractivity contribution is -0.153. The van der Waals surface area contributed by atoms with Crippen LogP contribution in [0.15, 0.2) is 18.2 Å². The van der Waals surface area contributed by atoms with Crippen molar-refractivity contribution in [1.82, 2.24) is 0 Å². The fourth-order valence-electron chi connectivity index (χ4n) is 1.76. The molecule has 2 N–H and O–H groups in total. The molecule has 0 aliphatic carbocycles. The maximum atomic E-state index is 11.3. The SMILES string of the molecule is CCOC(=O)C(O)c1ccc2c(c1)NC(=O)C2. The number of fused-ring (bicyclic) bond motifs is 1. The zero-order chi connectivity index (χ0) is 12.4. The molecule has 0 bridgehead atoms. The monoisotopic (exact) mass is 235 g/mol. The Bertz CT molecular complexity index is 470. The molecule has 0 aromatic heterocycles. The summed E-state index contributed by atoms with van der Waals surface area (Å²) >= 11 is 0. The fraction of sp³-hybridized carbons (Fsp3) is 0.333. The Morgan fingerprint density at radius 2 is 2.35 bits per heavy atom. The zero-order valence-electron chi connectivity index (χ0n) is 9.40. The number of anilines is 1. The molecule has 1 amide bonds. The van der Waals surface area contributed by atoms with E-state index in [4.69, 9.17) is 4.74 Å². The average molecular weight is 235 g/mol. The second-order valence-corrected chi connectivity index (χ2v) is 3.80. The van der Waals surface area contributed by atoms with Crippen LogP contribution in [0.1, 0.15) is 24.2 Å². The number of carbonyl (C=O) groups is 2. The normalized spacial score (nSPS) is 15.1. The summed E-state index contributed by atoms with van der Waals surface area (Å²) in [5, 5.41) is 12.4. The molecule has 90 valence electrons. The molecule has 0 saturated carbocycles. The van der Waals surface area contributed by atoms with Gasteiger partial charge in [0.2, 0.25) is 5.91 Å². The highest BCUT2D eigenvalue weighted by Crippen LogP contribution is 2.27. The Labute approximate surface area is 98.4 Å². The molecule has 17 heavy (non-hydrogen) atoms. The number of benzene rings is 1. The van der Waals surface area contributed by atoms with E-state index in [1.54, 1.807) is 25.1 Å². The van der Waals surface area contributed by atoms with E-state index in [0.717, 1.165) is 5.56 Å². The number of ether oxygens (including phenoxy) is 1. The van der Waals surface area contributed by atoms with Gasteiger partial charge in [0, 0.05) is 5.69 Å². The third-order valence-electron chi connectivity index (χ3n) is 2.58. The number of nitrogens with one attached hydrogen (secondary N) is 1. The van der Waals surface area contributed by atoms with Crippen LogP contribution < -0.4 is 5.32 Å². The summed E-state index contributed by atoms with van der Waals surface area (Å²) in [6, 6.07) is 4.95. The molecule has 1 unspecified atom stereocenters. The predicted molar refractivity (Wildman–Crippen MR) is 60.4 cm³/mol. The van der Waals surface area contributed by atoms with Gasteiger partial charge in [-0.2, -0.15) is 0 Å². The second-order valence-electron chi connectivity index (χ2n) is 3.80. The van der Waals surface area contributed by atoms with Gasteiger partial charge in [0.25, 0.3) is 0 Å². The van der Waals surface area contributed by atoms with Crippen LogP contribution in [0, 0.1) is 0 Å². The number of aliphatic hydroxyl groups is 1. The van der Waals surface area contributed by atoms with Crippen molar-refractivity contribution >= 4 is 17.6 Å². The number of aliphatic hydroxyl groups excluding tert-OH is 1. The Morgan fingerprint density at radius 3 is 3.06 bits per heavy atom. The van der Waals surface area contributed by atoms with Crippen LogP contribution in [-0.2, 0) is 20.7 Å². The smallest absolute Gasteiger partial charge is 0.339 e. The van der Waals surface area contributed by atoms with Gasteiger partial charge in [-0.15, -0.1) is 0 Å². The third kappa shape index (κ3) is 2.29. The van der Waals surface area contributed by atoms with Crippen molar-refractivity contribution in [3.63, 3.8) is 0 Å². The first-order chi connectivity index (χ1) is 8.11. The molecule has 0 spiro atoms. The third-order valence-corrected chi connectivity index (χ3v) is 2.58. The highest BCUT2D eigenvalue weighted by Gasteiger charge is 2.23. The van der Waals surface area contributed by atoms with Gasteiger partial charge in [-0.1, -0.05) is 12.1 Å². The van der Waals surface area contributed by atoms with Crippen LogP contribution in [0.25, 0.3) is 0 Å². The molecular weight excluding hydrogens is 222 g/mol. The van der Waals surface area contributed by atoms with E-state index >= 15 is 0 Å². The second kappa shape index (κ2) is 4.55. The topological polar surface area (TPSA) is 75.6 Å². The van der Waals surface area contributed by atoms with Crippen LogP contribution in [0.5, 0.6) is 0 Å². The van der Waals surface area contributed by atoms with E-state index in [1.165, 1.54) is 0 Å². The Kier molecular flexibility index (Phi) is 3.10. The summed E-state index contributed by atoms with van der Waals surface area (Å²) in [5.41, 5.74) is 1.94. The van der Waals surface area contributed by atoms with Gasteiger partial charge < -0.3 is 15.2 Å². The van der Waals surface area contributed by atoms with Crippen molar-refractivity contribution < 1.29 is 19.4 Å². The highest BCUT2D eigenvalue weighted by molar-refractivity contribution is 5.99. The number of hydrogen-bond donors (Lipinski definition) is 2. The summed E-state index contributed by atoms with van der Waals surface area (Å²) in [4.78, 5) is 22.5. The predicted octanol–water partition coefficient (Wildman–Crippen LogP) is 0.778. The average Bonchev–Trinajstić information content (AvgIpc) is 2.67. The van der Waals surface area contributed by atoms with Crippen molar-refractivity contribution in [1.29, 1.82) is 0 Å². The van der Waals surface area contributed by atoms with E-state index in [1.807, 2.05) is 0 Å². The van der Waals surface area contributed by atoms with Crippen LogP contribution in [-0.4, -0.2) is 23.6 Å². The minimum Gasteiger partial charge on any atom is -0.464 e. The van der Waals surface area contributed by atoms with E-state index in [2.05, 4.69) is 5.32 Å². The molecule has 1 atom stereocenters. The lowest BCUT2D eigenvalue weighted by Crippen LogP contribution is -2.15. The number of carbonyl (C=O) groups excluding carboxylic acids is 2. The summed E-state index contributed by atoms with van der Waals surface area (Å²) in [7, 11) is 0. The van der Waals surface area contributed by atoms with Crippen molar-refractivity contribution in [3.8, 4) is 0 Å². The van der Waals surface area contributed by atoms with Crippen LogP contribution >= 0.6 is 0 Å². The fourth-order valence-corrected chi connectivity index (χ4v) is 1.76. The van der Waals surface area contributed by atoms with Crippen molar-refractivity contribution in [3.05, 3.63) is 29.3 Å². The standard InChI is InChI=1S/C12H13NO4/c1-2-17-12(16)11(15)8-4-3-7-6-10(14)13-9(7)5-8/h3-5,11,15H,2,6H2,1H3,(H,13,14). The van der Waals surface area contributed by atoms with Gasteiger partial charge in [-0.3, -0.25) is 4.79 Å². The number of hydrogen-bond acceptors (Lipinski definition) is 4. The first-order valence-corrected chi connectivity index (χ1v) is 5.39. The highest BCUT2D eigenvalue weighted by atomic mass is 16.5. The van der Waals surface area contributed by atoms with Gasteiger partial charge >= 0.3 is 5.97 Å². The minimum absolute atomic E-state index is 0.0808.